The van der Waals surface area contributed by atoms with Crippen molar-refractivity contribution >= 4 is 5.91 Å². The molecule has 0 aromatic carbocycles. The summed E-state index contributed by atoms with van der Waals surface area (Å²) in [6.07, 6.45) is 3.69. The first-order chi connectivity index (χ1) is 7.24. The summed E-state index contributed by atoms with van der Waals surface area (Å²) in [4.78, 5) is 13.7. The minimum atomic E-state index is 0.149. The molecule has 2 fully saturated rings. The highest BCUT2D eigenvalue weighted by Crippen LogP contribution is 2.18. The Bertz CT molecular complexity index is 228. The van der Waals surface area contributed by atoms with E-state index in [4.69, 9.17) is 0 Å². The van der Waals surface area contributed by atoms with E-state index in [2.05, 4.69) is 22.6 Å². The summed E-state index contributed by atoms with van der Waals surface area (Å²) in [5.41, 5.74) is 0. The van der Waals surface area contributed by atoms with Crippen LogP contribution < -0.4 is 10.6 Å². The molecule has 0 bridgehead atoms. The first kappa shape index (κ1) is 10.9. The minimum Gasteiger partial charge on any atom is -0.355 e. The van der Waals surface area contributed by atoms with Crippen LogP contribution in [0.4, 0.5) is 0 Å². The standard InChI is InChI=1S/C11H21N3O/c1-14-5-4-9(8-14)6-13-11(15)7-12-10-2-3-10/h9-10,12H,2-8H2,1H3,(H,13,15). The zero-order valence-corrected chi connectivity index (χ0v) is 9.46. The summed E-state index contributed by atoms with van der Waals surface area (Å²) < 4.78 is 0. The maximum atomic E-state index is 11.4. The third-order valence-electron chi connectivity index (χ3n) is 3.21. The first-order valence-electron chi connectivity index (χ1n) is 5.92. The molecule has 0 aromatic rings. The van der Waals surface area contributed by atoms with Crippen molar-refractivity contribution in [2.45, 2.75) is 25.3 Å². The van der Waals surface area contributed by atoms with Crippen LogP contribution in [0, 0.1) is 5.92 Å². The highest BCUT2D eigenvalue weighted by Gasteiger charge is 2.22. The predicted molar refractivity (Wildman–Crippen MR) is 59.6 cm³/mol. The number of likely N-dealkylation sites (tertiary alicyclic amines) is 1. The van der Waals surface area contributed by atoms with Gasteiger partial charge in [0.2, 0.25) is 5.91 Å². The summed E-state index contributed by atoms with van der Waals surface area (Å²) in [5.74, 6) is 0.802. The Hall–Kier alpha value is -0.610. The molecule has 2 N–H and O–H groups in total. The number of carbonyl (C=O) groups excluding carboxylic acids is 1. The fourth-order valence-electron chi connectivity index (χ4n) is 2.04. The quantitative estimate of drug-likeness (QED) is 0.662. The van der Waals surface area contributed by atoms with Crippen molar-refractivity contribution in [1.29, 1.82) is 0 Å². The lowest BCUT2D eigenvalue weighted by Gasteiger charge is -2.11. The monoisotopic (exact) mass is 211 g/mol. The Balaban J connectivity index is 1.54. The molecule has 4 heteroatoms. The lowest BCUT2D eigenvalue weighted by molar-refractivity contribution is -0.120. The summed E-state index contributed by atoms with van der Waals surface area (Å²) in [7, 11) is 2.14. The van der Waals surface area contributed by atoms with Crippen molar-refractivity contribution in [3.63, 3.8) is 0 Å². The molecule has 1 unspecified atom stereocenters. The van der Waals surface area contributed by atoms with Gasteiger partial charge in [-0.3, -0.25) is 4.79 Å². The van der Waals surface area contributed by atoms with E-state index in [9.17, 15) is 4.79 Å². The second-order valence-electron chi connectivity index (χ2n) is 4.88. The molecule has 86 valence electrons. The molecule has 0 aromatic heterocycles. The third-order valence-corrected chi connectivity index (χ3v) is 3.21. The SMILES string of the molecule is CN1CCC(CNC(=O)CNC2CC2)C1. The van der Waals surface area contributed by atoms with Crippen LogP contribution in [0.2, 0.25) is 0 Å². The van der Waals surface area contributed by atoms with Crippen molar-refractivity contribution < 1.29 is 4.79 Å². The van der Waals surface area contributed by atoms with Gasteiger partial charge in [0.05, 0.1) is 6.54 Å². The van der Waals surface area contributed by atoms with Gasteiger partial charge in [-0.15, -0.1) is 0 Å². The van der Waals surface area contributed by atoms with E-state index in [0.29, 0.717) is 18.5 Å². The van der Waals surface area contributed by atoms with E-state index < -0.39 is 0 Å². The van der Waals surface area contributed by atoms with Crippen molar-refractivity contribution in [2.24, 2.45) is 5.92 Å². The van der Waals surface area contributed by atoms with Gasteiger partial charge < -0.3 is 15.5 Å². The van der Waals surface area contributed by atoms with Gasteiger partial charge >= 0.3 is 0 Å². The number of hydrogen-bond acceptors (Lipinski definition) is 3. The van der Waals surface area contributed by atoms with E-state index in [-0.39, 0.29) is 5.91 Å². The van der Waals surface area contributed by atoms with Crippen molar-refractivity contribution in [3.8, 4) is 0 Å². The second-order valence-corrected chi connectivity index (χ2v) is 4.88. The maximum absolute atomic E-state index is 11.4. The van der Waals surface area contributed by atoms with Crippen molar-refractivity contribution in [3.05, 3.63) is 0 Å². The van der Waals surface area contributed by atoms with Gasteiger partial charge in [-0.25, -0.2) is 0 Å². The Labute approximate surface area is 91.4 Å². The number of carbonyl (C=O) groups is 1. The van der Waals surface area contributed by atoms with Gasteiger partial charge in [0.25, 0.3) is 0 Å². The van der Waals surface area contributed by atoms with E-state index in [1.165, 1.54) is 25.8 Å². The first-order valence-corrected chi connectivity index (χ1v) is 5.92. The number of nitrogens with zero attached hydrogens (tertiary/aromatic N) is 1. The molecule has 1 atom stereocenters. The van der Waals surface area contributed by atoms with Crippen LogP contribution >= 0.6 is 0 Å². The Morgan fingerprint density at radius 3 is 2.80 bits per heavy atom. The van der Waals surface area contributed by atoms with Gasteiger partial charge in [0.1, 0.15) is 0 Å². The van der Waals surface area contributed by atoms with Gasteiger partial charge in [-0.2, -0.15) is 0 Å². The molecule has 1 saturated heterocycles. The van der Waals surface area contributed by atoms with Crippen LogP contribution in [0.3, 0.4) is 0 Å². The van der Waals surface area contributed by atoms with Crippen LogP contribution in [-0.4, -0.2) is 50.1 Å². The van der Waals surface area contributed by atoms with Gasteiger partial charge in [0, 0.05) is 19.1 Å². The Morgan fingerprint density at radius 1 is 1.40 bits per heavy atom. The molecule has 0 spiro atoms. The van der Waals surface area contributed by atoms with Crippen LogP contribution in [-0.2, 0) is 4.79 Å². The van der Waals surface area contributed by atoms with Gasteiger partial charge in [0.15, 0.2) is 0 Å². The van der Waals surface area contributed by atoms with E-state index >= 15 is 0 Å². The molecule has 1 heterocycles. The van der Waals surface area contributed by atoms with Crippen molar-refractivity contribution in [1.82, 2.24) is 15.5 Å². The highest BCUT2D eigenvalue weighted by molar-refractivity contribution is 5.78. The van der Waals surface area contributed by atoms with E-state index in [0.717, 1.165) is 13.1 Å². The third kappa shape index (κ3) is 3.80. The Morgan fingerprint density at radius 2 is 2.20 bits per heavy atom. The fourth-order valence-corrected chi connectivity index (χ4v) is 2.04. The maximum Gasteiger partial charge on any atom is 0.233 e. The second kappa shape index (κ2) is 4.94. The lowest BCUT2D eigenvalue weighted by Crippen LogP contribution is -2.37. The summed E-state index contributed by atoms with van der Waals surface area (Å²) in [6.45, 7) is 3.62. The van der Waals surface area contributed by atoms with Crippen molar-refractivity contribution in [2.75, 3.05) is 33.2 Å². The Kier molecular flexibility index (Phi) is 3.59. The number of nitrogens with one attached hydrogen (secondary N) is 2. The lowest BCUT2D eigenvalue weighted by atomic mass is 10.1. The van der Waals surface area contributed by atoms with Gasteiger partial charge in [-0.05, 0) is 38.8 Å². The zero-order chi connectivity index (χ0) is 10.7. The number of amides is 1. The molecule has 2 aliphatic rings. The average molecular weight is 211 g/mol. The van der Waals surface area contributed by atoms with Crippen LogP contribution in [0.15, 0.2) is 0 Å². The predicted octanol–water partition coefficient (Wildman–Crippen LogP) is -0.194. The zero-order valence-electron chi connectivity index (χ0n) is 9.46. The normalized spacial score (nSPS) is 26.9. The fraction of sp³-hybridized carbons (Fsp3) is 0.909. The average Bonchev–Trinajstić information content (AvgIpc) is 2.95. The van der Waals surface area contributed by atoms with Crippen LogP contribution in [0.5, 0.6) is 0 Å². The molecule has 1 amide bonds. The number of rotatable bonds is 5. The smallest absolute Gasteiger partial charge is 0.233 e. The van der Waals surface area contributed by atoms with E-state index in [1.54, 1.807) is 0 Å². The summed E-state index contributed by atoms with van der Waals surface area (Å²) in [5, 5.41) is 6.22. The molecule has 0 radical (unpaired) electrons. The largest absolute Gasteiger partial charge is 0.355 e. The number of hydrogen-bond donors (Lipinski definition) is 2. The molecule has 1 saturated carbocycles. The topological polar surface area (TPSA) is 44.4 Å². The molecule has 15 heavy (non-hydrogen) atoms. The highest BCUT2D eigenvalue weighted by atomic mass is 16.1. The molecule has 1 aliphatic carbocycles. The molecule has 2 rings (SSSR count). The molecular weight excluding hydrogens is 190 g/mol. The summed E-state index contributed by atoms with van der Waals surface area (Å²) >= 11 is 0. The molecule has 4 nitrogen and oxygen atoms in total. The van der Waals surface area contributed by atoms with Crippen LogP contribution in [0.25, 0.3) is 0 Å². The van der Waals surface area contributed by atoms with E-state index in [1.807, 2.05) is 0 Å². The van der Waals surface area contributed by atoms with Crippen LogP contribution in [0.1, 0.15) is 19.3 Å². The minimum absolute atomic E-state index is 0.149. The molecule has 1 aliphatic heterocycles. The summed E-state index contributed by atoms with van der Waals surface area (Å²) in [6, 6.07) is 0.619. The van der Waals surface area contributed by atoms with Gasteiger partial charge in [-0.1, -0.05) is 0 Å². The molecular formula is C11H21N3O.